The van der Waals surface area contributed by atoms with E-state index < -0.39 is 0 Å². The molecule has 1 N–H and O–H groups in total. The number of hydrogen-bond acceptors (Lipinski definition) is 2. The van der Waals surface area contributed by atoms with Gasteiger partial charge in [0.2, 0.25) is 0 Å². The Kier molecular flexibility index (Phi) is 3.09. The lowest BCUT2D eigenvalue weighted by Gasteiger charge is -2.17. The normalized spacial score (nSPS) is 15.9. The van der Waals surface area contributed by atoms with E-state index in [9.17, 15) is 4.79 Å². The molecule has 1 aliphatic carbocycles. The Morgan fingerprint density at radius 3 is 2.44 bits per heavy atom. The van der Waals surface area contributed by atoms with E-state index in [-0.39, 0.29) is 5.78 Å². The average molecular weight is 215 g/mol. The largest absolute Gasteiger partial charge is 0.358 e. The first-order valence-electron chi connectivity index (χ1n) is 5.73. The molecule has 2 rings (SSSR count). The maximum absolute atomic E-state index is 11.3. The van der Waals surface area contributed by atoms with Crippen LogP contribution in [0.1, 0.15) is 30.4 Å². The van der Waals surface area contributed by atoms with Crippen LogP contribution in [0.5, 0.6) is 0 Å². The highest BCUT2D eigenvalue weighted by Gasteiger charge is 2.11. The van der Waals surface area contributed by atoms with E-state index in [1.54, 1.807) is 6.08 Å². The van der Waals surface area contributed by atoms with E-state index in [0.717, 1.165) is 24.2 Å². The first kappa shape index (κ1) is 10.9. The molecule has 0 aromatic heterocycles. The zero-order chi connectivity index (χ0) is 11.5. The molecule has 84 valence electrons. The molecule has 0 atom stereocenters. The van der Waals surface area contributed by atoms with E-state index in [4.69, 9.17) is 0 Å². The van der Waals surface area contributed by atoms with Crippen molar-refractivity contribution < 1.29 is 4.79 Å². The number of carbonyl (C=O) groups is 1. The monoisotopic (exact) mass is 215 g/mol. The number of aryl methyl sites for hydroxylation is 2. The highest BCUT2D eigenvalue weighted by molar-refractivity contribution is 5.91. The lowest BCUT2D eigenvalue weighted by Crippen LogP contribution is -2.10. The summed E-state index contributed by atoms with van der Waals surface area (Å²) in [7, 11) is 0. The van der Waals surface area contributed by atoms with Crippen molar-refractivity contribution in [3.05, 3.63) is 41.1 Å². The number of ketones is 1. The molecule has 0 bridgehead atoms. The van der Waals surface area contributed by atoms with Crippen LogP contribution in [0.25, 0.3) is 0 Å². The van der Waals surface area contributed by atoms with Crippen molar-refractivity contribution >= 4 is 11.5 Å². The van der Waals surface area contributed by atoms with Gasteiger partial charge in [-0.05, 0) is 37.8 Å². The van der Waals surface area contributed by atoms with Crippen LogP contribution in [-0.2, 0) is 4.79 Å². The molecular formula is C14H17NO. The van der Waals surface area contributed by atoms with Gasteiger partial charge in [-0.2, -0.15) is 0 Å². The highest BCUT2D eigenvalue weighted by atomic mass is 16.1. The van der Waals surface area contributed by atoms with Crippen LogP contribution in [0.2, 0.25) is 0 Å². The third-order valence-electron chi connectivity index (χ3n) is 2.97. The number of hydrogen-bond donors (Lipinski definition) is 1. The van der Waals surface area contributed by atoms with Gasteiger partial charge >= 0.3 is 0 Å². The van der Waals surface area contributed by atoms with Crippen LogP contribution < -0.4 is 5.32 Å². The van der Waals surface area contributed by atoms with Crippen molar-refractivity contribution in [1.82, 2.24) is 0 Å². The minimum Gasteiger partial charge on any atom is -0.358 e. The molecule has 0 saturated heterocycles. The Bertz CT molecular complexity index is 426. The molecule has 1 aromatic rings. The molecule has 0 saturated carbocycles. The van der Waals surface area contributed by atoms with E-state index in [1.807, 2.05) is 0 Å². The summed E-state index contributed by atoms with van der Waals surface area (Å²) in [5, 5.41) is 3.39. The Morgan fingerprint density at radius 2 is 1.81 bits per heavy atom. The number of benzene rings is 1. The molecule has 2 nitrogen and oxygen atoms in total. The van der Waals surface area contributed by atoms with Gasteiger partial charge in [-0.25, -0.2) is 0 Å². The molecule has 16 heavy (non-hydrogen) atoms. The van der Waals surface area contributed by atoms with Crippen molar-refractivity contribution in [1.29, 1.82) is 0 Å². The Hall–Kier alpha value is -1.57. The molecule has 0 aliphatic heterocycles. The van der Waals surface area contributed by atoms with Gasteiger partial charge < -0.3 is 5.32 Å². The number of para-hydroxylation sites is 1. The van der Waals surface area contributed by atoms with Gasteiger partial charge in [-0.1, -0.05) is 18.2 Å². The quantitative estimate of drug-likeness (QED) is 0.819. The molecular weight excluding hydrogens is 198 g/mol. The predicted molar refractivity (Wildman–Crippen MR) is 66.5 cm³/mol. The molecule has 0 radical (unpaired) electrons. The van der Waals surface area contributed by atoms with E-state index in [2.05, 4.69) is 37.4 Å². The van der Waals surface area contributed by atoms with Gasteiger partial charge in [0, 0.05) is 23.9 Å². The van der Waals surface area contributed by atoms with Gasteiger partial charge in [0.25, 0.3) is 0 Å². The summed E-state index contributed by atoms with van der Waals surface area (Å²) in [6, 6.07) is 6.22. The fourth-order valence-corrected chi connectivity index (χ4v) is 2.06. The first-order valence-corrected chi connectivity index (χ1v) is 5.73. The SMILES string of the molecule is Cc1cccc(C)c1NC1=CC(=O)CCC1. The smallest absolute Gasteiger partial charge is 0.157 e. The van der Waals surface area contributed by atoms with E-state index >= 15 is 0 Å². The molecule has 0 unspecified atom stereocenters. The lowest BCUT2D eigenvalue weighted by atomic mass is 10.0. The zero-order valence-corrected chi connectivity index (χ0v) is 9.84. The van der Waals surface area contributed by atoms with E-state index in [0.29, 0.717) is 6.42 Å². The van der Waals surface area contributed by atoms with Crippen LogP contribution >= 0.6 is 0 Å². The number of nitrogens with one attached hydrogen (secondary N) is 1. The average Bonchev–Trinajstić information content (AvgIpc) is 2.24. The Balaban J connectivity index is 2.24. The fraction of sp³-hybridized carbons (Fsp3) is 0.357. The Morgan fingerprint density at radius 1 is 1.12 bits per heavy atom. The van der Waals surface area contributed by atoms with Gasteiger partial charge in [0.15, 0.2) is 5.78 Å². The van der Waals surface area contributed by atoms with Crippen LogP contribution in [0.15, 0.2) is 30.0 Å². The maximum Gasteiger partial charge on any atom is 0.157 e. The zero-order valence-electron chi connectivity index (χ0n) is 9.84. The predicted octanol–water partition coefficient (Wildman–Crippen LogP) is 3.35. The molecule has 2 heteroatoms. The molecule has 1 aliphatic rings. The minimum atomic E-state index is 0.236. The number of allylic oxidation sites excluding steroid dienone is 2. The van der Waals surface area contributed by atoms with Crippen molar-refractivity contribution in [2.24, 2.45) is 0 Å². The summed E-state index contributed by atoms with van der Waals surface area (Å²) < 4.78 is 0. The van der Waals surface area contributed by atoms with Crippen LogP contribution in [0, 0.1) is 13.8 Å². The second-order valence-corrected chi connectivity index (χ2v) is 4.38. The summed E-state index contributed by atoms with van der Waals surface area (Å²) in [4.78, 5) is 11.3. The fourth-order valence-electron chi connectivity index (χ4n) is 2.06. The summed E-state index contributed by atoms with van der Waals surface area (Å²) in [6.07, 6.45) is 4.37. The van der Waals surface area contributed by atoms with Crippen LogP contribution in [-0.4, -0.2) is 5.78 Å². The topological polar surface area (TPSA) is 29.1 Å². The lowest BCUT2D eigenvalue weighted by molar-refractivity contribution is -0.115. The van der Waals surface area contributed by atoms with Crippen LogP contribution in [0.3, 0.4) is 0 Å². The first-order chi connectivity index (χ1) is 7.66. The van der Waals surface area contributed by atoms with Gasteiger partial charge in [-0.3, -0.25) is 4.79 Å². The standard InChI is InChI=1S/C14H17NO/c1-10-5-3-6-11(2)14(10)15-12-7-4-8-13(16)9-12/h3,5-6,9,15H,4,7-8H2,1-2H3. The highest BCUT2D eigenvalue weighted by Crippen LogP contribution is 2.24. The van der Waals surface area contributed by atoms with Crippen molar-refractivity contribution in [2.45, 2.75) is 33.1 Å². The third-order valence-corrected chi connectivity index (χ3v) is 2.97. The molecule has 0 heterocycles. The summed E-state index contributed by atoms with van der Waals surface area (Å²) in [5.41, 5.74) is 4.63. The molecule has 1 aromatic carbocycles. The van der Waals surface area contributed by atoms with Crippen LogP contribution in [0.4, 0.5) is 5.69 Å². The molecule has 0 spiro atoms. The molecule has 0 amide bonds. The second kappa shape index (κ2) is 4.52. The van der Waals surface area contributed by atoms with Gasteiger partial charge in [-0.15, -0.1) is 0 Å². The van der Waals surface area contributed by atoms with Crippen molar-refractivity contribution in [2.75, 3.05) is 5.32 Å². The maximum atomic E-state index is 11.3. The Labute approximate surface area is 96.4 Å². The number of rotatable bonds is 2. The number of carbonyl (C=O) groups excluding carboxylic acids is 1. The molecule has 0 fully saturated rings. The summed E-state index contributed by atoms with van der Waals surface area (Å²) >= 11 is 0. The third kappa shape index (κ3) is 2.32. The minimum absolute atomic E-state index is 0.236. The van der Waals surface area contributed by atoms with Crippen molar-refractivity contribution in [3.63, 3.8) is 0 Å². The van der Waals surface area contributed by atoms with Crippen molar-refractivity contribution in [3.8, 4) is 0 Å². The van der Waals surface area contributed by atoms with Gasteiger partial charge in [0.1, 0.15) is 0 Å². The second-order valence-electron chi connectivity index (χ2n) is 4.38. The number of anilines is 1. The van der Waals surface area contributed by atoms with Gasteiger partial charge in [0.05, 0.1) is 0 Å². The summed E-state index contributed by atoms with van der Waals surface area (Å²) in [6.45, 7) is 4.17. The summed E-state index contributed by atoms with van der Waals surface area (Å²) in [5.74, 6) is 0.236. The van der Waals surface area contributed by atoms with E-state index in [1.165, 1.54) is 11.1 Å².